The number of thiophene rings is 1. The van der Waals surface area contributed by atoms with E-state index in [0.717, 1.165) is 6.54 Å². The average molecular weight is 266 g/mol. The van der Waals surface area contributed by atoms with Crippen molar-refractivity contribution in [3.8, 4) is 0 Å². The van der Waals surface area contributed by atoms with Crippen LogP contribution >= 0.6 is 11.3 Å². The molecule has 0 bridgehead atoms. The summed E-state index contributed by atoms with van der Waals surface area (Å²) >= 11 is 1.86. The van der Waals surface area contributed by atoms with Crippen molar-refractivity contribution in [2.45, 2.75) is 44.6 Å². The van der Waals surface area contributed by atoms with Gasteiger partial charge in [-0.2, -0.15) is 0 Å². The molecule has 0 aliphatic heterocycles. The predicted molar refractivity (Wildman–Crippen MR) is 80.1 cm³/mol. The molecule has 2 rings (SSSR count). The van der Waals surface area contributed by atoms with Gasteiger partial charge in [-0.3, -0.25) is 0 Å². The highest BCUT2D eigenvalue weighted by molar-refractivity contribution is 7.09. The number of nitrogens with two attached hydrogens (primary N) is 1. The van der Waals surface area contributed by atoms with Gasteiger partial charge >= 0.3 is 0 Å². The van der Waals surface area contributed by atoms with E-state index in [2.05, 4.69) is 29.5 Å². The minimum Gasteiger partial charge on any atom is -0.327 e. The Hall–Kier alpha value is -0.380. The van der Waals surface area contributed by atoms with Crippen LogP contribution in [-0.2, 0) is 6.42 Å². The van der Waals surface area contributed by atoms with Crippen LogP contribution in [0.1, 0.15) is 37.0 Å². The number of likely N-dealkylation sites (N-methyl/N-ethyl adjacent to an activating group) is 1. The minimum absolute atomic E-state index is 0.427. The summed E-state index contributed by atoms with van der Waals surface area (Å²) < 4.78 is 0. The molecule has 2 nitrogen and oxygen atoms in total. The topological polar surface area (TPSA) is 29.3 Å². The second kappa shape index (κ2) is 7.27. The molecule has 1 aliphatic carbocycles. The molecular weight excluding hydrogens is 240 g/mol. The lowest BCUT2D eigenvalue weighted by Gasteiger charge is -2.27. The highest BCUT2D eigenvalue weighted by atomic mass is 32.1. The molecule has 2 atom stereocenters. The van der Waals surface area contributed by atoms with Crippen LogP contribution in [0.15, 0.2) is 17.5 Å². The first-order valence-corrected chi connectivity index (χ1v) is 8.10. The van der Waals surface area contributed by atoms with Crippen molar-refractivity contribution in [2.24, 2.45) is 11.7 Å². The zero-order chi connectivity index (χ0) is 12.8. The number of nitrogens with zero attached hydrogens (tertiary/aromatic N) is 1. The van der Waals surface area contributed by atoms with Gasteiger partial charge < -0.3 is 10.6 Å². The Labute approximate surface area is 115 Å². The smallest absolute Gasteiger partial charge is 0.00793 e. The fourth-order valence-corrected chi connectivity index (χ4v) is 3.59. The molecule has 1 aromatic heterocycles. The van der Waals surface area contributed by atoms with E-state index in [-0.39, 0.29) is 0 Å². The van der Waals surface area contributed by atoms with Crippen LogP contribution in [-0.4, -0.2) is 31.1 Å². The quantitative estimate of drug-likeness (QED) is 0.830. The fraction of sp³-hybridized carbons (Fsp3) is 0.733. The largest absolute Gasteiger partial charge is 0.327 e. The lowest BCUT2D eigenvalue weighted by Crippen LogP contribution is -2.37. The number of hydrogen-bond acceptors (Lipinski definition) is 3. The van der Waals surface area contributed by atoms with E-state index in [4.69, 9.17) is 5.73 Å². The van der Waals surface area contributed by atoms with Gasteiger partial charge in [-0.15, -0.1) is 11.3 Å². The van der Waals surface area contributed by atoms with Gasteiger partial charge in [0.05, 0.1) is 0 Å². The molecule has 2 unspecified atom stereocenters. The third-order valence-corrected chi connectivity index (χ3v) is 5.02. The van der Waals surface area contributed by atoms with Crippen molar-refractivity contribution in [1.29, 1.82) is 0 Å². The molecule has 0 aromatic carbocycles. The molecule has 102 valence electrons. The van der Waals surface area contributed by atoms with E-state index >= 15 is 0 Å². The highest BCUT2D eigenvalue weighted by Gasteiger charge is 2.21. The van der Waals surface area contributed by atoms with Crippen LogP contribution in [0, 0.1) is 5.92 Å². The summed E-state index contributed by atoms with van der Waals surface area (Å²) in [6, 6.07) is 4.80. The molecular formula is C15H26N2S. The summed E-state index contributed by atoms with van der Waals surface area (Å²) in [7, 11) is 2.24. The van der Waals surface area contributed by atoms with Crippen molar-refractivity contribution in [1.82, 2.24) is 4.90 Å². The third kappa shape index (κ3) is 4.38. The molecule has 2 N–H and O–H groups in total. The molecule has 0 amide bonds. The van der Waals surface area contributed by atoms with E-state index in [1.807, 2.05) is 11.3 Å². The molecule has 1 aromatic rings. The maximum Gasteiger partial charge on any atom is 0.00793 e. The first-order chi connectivity index (χ1) is 8.75. The van der Waals surface area contributed by atoms with Crippen LogP contribution in [0.5, 0.6) is 0 Å². The van der Waals surface area contributed by atoms with Gasteiger partial charge in [0.25, 0.3) is 0 Å². The Morgan fingerprint density at radius 3 is 2.94 bits per heavy atom. The summed E-state index contributed by atoms with van der Waals surface area (Å²) in [6.07, 6.45) is 7.81. The highest BCUT2D eigenvalue weighted by Crippen LogP contribution is 2.23. The van der Waals surface area contributed by atoms with Crippen molar-refractivity contribution in [3.05, 3.63) is 22.4 Å². The molecule has 1 fully saturated rings. The molecule has 1 saturated carbocycles. The van der Waals surface area contributed by atoms with E-state index in [1.54, 1.807) is 0 Å². The molecule has 1 aliphatic rings. The SMILES string of the molecule is CN(CCc1cccs1)CC1CCCCCC1N. The van der Waals surface area contributed by atoms with Gasteiger partial charge in [-0.05, 0) is 43.7 Å². The number of rotatable bonds is 5. The summed E-state index contributed by atoms with van der Waals surface area (Å²) in [5.74, 6) is 0.709. The minimum atomic E-state index is 0.427. The Kier molecular flexibility index (Phi) is 5.67. The van der Waals surface area contributed by atoms with Crippen molar-refractivity contribution in [2.75, 3.05) is 20.1 Å². The maximum absolute atomic E-state index is 6.29. The number of hydrogen-bond donors (Lipinski definition) is 1. The molecule has 3 heteroatoms. The van der Waals surface area contributed by atoms with E-state index in [9.17, 15) is 0 Å². The molecule has 0 spiro atoms. The van der Waals surface area contributed by atoms with Crippen LogP contribution in [0.4, 0.5) is 0 Å². The first kappa shape index (κ1) is 14.0. The zero-order valence-electron chi connectivity index (χ0n) is 11.5. The van der Waals surface area contributed by atoms with Gasteiger partial charge in [0.2, 0.25) is 0 Å². The van der Waals surface area contributed by atoms with E-state index in [1.165, 1.54) is 49.9 Å². The van der Waals surface area contributed by atoms with Crippen LogP contribution < -0.4 is 5.73 Å². The second-order valence-corrected chi connectivity index (χ2v) is 6.69. The van der Waals surface area contributed by atoms with Crippen molar-refractivity contribution >= 4 is 11.3 Å². The van der Waals surface area contributed by atoms with Gasteiger partial charge in [0.1, 0.15) is 0 Å². The van der Waals surface area contributed by atoms with Gasteiger partial charge in [-0.1, -0.05) is 25.3 Å². The molecule has 0 saturated heterocycles. The summed E-state index contributed by atoms with van der Waals surface area (Å²) in [5, 5.41) is 2.16. The summed E-state index contributed by atoms with van der Waals surface area (Å²) in [5.41, 5.74) is 6.29. The Morgan fingerprint density at radius 2 is 2.17 bits per heavy atom. The lowest BCUT2D eigenvalue weighted by atomic mass is 9.95. The monoisotopic (exact) mass is 266 g/mol. The Morgan fingerprint density at radius 1 is 1.33 bits per heavy atom. The molecule has 1 heterocycles. The summed E-state index contributed by atoms with van der Waals surface area (Å²) in [6.45, 7) is 2.33. The zero-order valence-corrected chi connectivity index (χ0v) is 12.3. The fourth-order valence-electron chi connectivity index (χ4n) is 2.89. The van der Waals surface area contributed by atoms with Crippen LogP contribution in [0.2, 0.25) is 0 Å². The predicted octanol–water partition coefficient (Wildman–Crippen LogP) is 3.13. The normalized spacial score (nSPS) is 25.3. The second-order valence-electron chi connectivity index (χ2n) is 5.65. The van der Waals surface area contributed by atoms with Crippen molar-refractivity contribution < 1.29 is 0 Å². The van der Waals surface area contributed by atoms with Gasteiger partial charge in [-0.25, -0.2) is 0 Å². The van der Waals surface area contributed by atoms with Crippen molar-refractivity contribution in [3.63, 3.8) is 0 Å². The van der Waals surface area contributed by atoms with Crippen LogP contribution in [0.25, 0.3) is 0 Å². The van der Waals surface area contributed by atoms with E-state index in [0.29, 0.717) is 12.0 Å². The van der Waals surface area contributed by atoms with Gasteiger partial charge in [0, 0.05) is 24.0 Å². The molecule has 18 heavy (non-hydrogen) atoms. The molecule has 0 radical (unpaired) electrons. The Bertz CT molecular complexity index is 323. The maximum atomic E-state index is 6.29. The van der Waals surface area contributed by atoms with Crippen LogP contribution in [0.3, 0.4) is 0 Å². The average Bonchev–Trinajstić information content (AvgIpc) is 2.80. The van der Waals surface area contributed by atoms with E-state index < -0.39 is 0 Å². The van der Waals surface area contributed by atoms with Gasteiger partial charge in [0.15, 0.2) is 0 Å². The standard InChI is InChI=1S/C15H26N2S/c1-17(10-9-14-7-5-11-18-14)12-13-6-3-2-4-8-15(13)16/h5,7,11,13,15H,2-4,6,8-10,12,16H2,1H3. The Balaban J connectivity index is 1.73. The summed E-state index contributed by atoms with van der Waals surface area (Å²) in [4.78, 5) is 3.96. The third-order valence-electron chi connectivity index (χ3n) is 4.08. The lowest BCUT2D eigenvalue weighted by molar-refractivity contribution is 0.245. The first-order valence-electron chi connectivity index (χ1n) is 7.22.